The number of aryl methyl sites for hydroxylation is 1. The highest BCUT2D eigenvalue weighted by molar-refractivity contribution is 5.28. The summed E-state index contributed by atoms with van der Waals surface area (Å²) >= 11 is 0. The minimum atomic E-state index is 0.297. The number of hydrogen-bond donors (Lipinski definition) is 1. The fourth-order valence-corrected chi connectivity index (χ4v) is 2.06. The molecule has 1 aromatic carbocycles. The predicted molar refractivity (Wildman–Crippen MR) is 76.1 cm³/mol. The molecule has 0 bridgehead atoms. The lowest BCUT2D eigenvalue weighted by Crippen LogP contribution is -2.20. The van der Waals surface area contributed by atoms with E-state index in [2.05, 4.69) is 42.5 Å². The maximum atomic E-state index is 5.17. The maximum absolute atomic E-state index is 5.17. The molecule has 4 nitrogen and oxygen atoms in total. The van der Waals surface area contributed by atoms with E-state index in [1.807, 2.05) is 23.0 Å². The fourth-order valence-electron chi connectivity index (χ4n) is 2.06. The normalized spacial score (nSPS) is 12.4. The van der Waals surface area contributed by atoms with Gasteiger partial charge in [-0.05, 0) is 37.6 Å². The van der Waals surface area contributed by atoms with E-state index < -0.39 is 0 Å². The second-order valence-electron chi connectivity index (χ2n) is 4.51. The Morgan fingerprint density at radius 3 is 2.63 bits per heavy atom. The minimum absolute atomic E-state index is 0.297. The average Bonchev–Trinajstić information content (AvgIpc) is 2.92. The molecule has 2 rings (SSSR count). The van der Waals surface area contributed by atoms with E-state index in [-0.39, 0.29) is 0 Å². The smallest absolute Gasteiger partial charge is 0.118 e. The van der Waals surface area contributed by atoms with Gasteiger partial charge in [-0.15, -0.1) is 0 Å². The third-order valence-electron chi connectivity index (χ3n) is 3.31. The Kier molecular flexibility index (Phi) is 4.58. The molecular weight excluding hydrogens is 238 g/mol. The van der Waals surface area contributed by atoms with E-state index in [1.165, 1.54) is 11.3 Å². The summed E-state index contributed by atoms with van der Waals surface area (Å²) in [5, 5.41) is 7.78. The molecule has 0 fully saturated rings. The molecule has 0 spiro atoms. The van der Waals surface area contributed by atoms with Crippen molar-refractivity contribution in [3.8, 4) is 5.75 Å². The second kappa shape index (κ2) is 6.38. The van der Waals surface area contributed by atoms with Gasteiger partial charge in [0.25, 0.3) is 0 Å². The molecule has 1 aromatic heterocycles. The molecule has 1 heterocycles. The van der Waals surface area contributed by atoms with Crippen LogP contribution in [0.1, 0.15) is 31.1 Å². The molecule has 19 heavy (non-hydrogen) atoms. The van der Waals surface area contributed by atoms with E-state index in [9.17, 15) is 0 Å². The van der Waals surface area contributed by atoms with Crippen LogP contribution in [0.2, 0.25) is 0 Å². The molecule has 0 unspecified atom stereocenters. The Balaban J connectivity index is 1.95. The van der Waals surface area contributed by atoms with Crippen LogP contribution < -0.4 is 10.1 Å². The summed E-state index contributed by atoms with van der Waals surface area (Å²) in [4.78, 5) is 0. The molecule has 0 aliphatic rings. The van der Waals surface area contributed by atoms with Crippen molar-refractivity contribution < 1.29 is 4.74 Å². The number of ether oxygens (including phenoxy) is 1. The molecule has 0 aliphatic heterocycles. The van der Waals surface area contributed by atoms with Gasteiger partial charge in [0.15, 0.2) is 0 Å². The summed E-state index contributed by atoms with van der Waals surface area (Å²) in [5.41, 5.74) is 2.46. The molecule has 0 radical (unpaired) electrons. The van der Waals surface area contributed by atoms with Gasteiger partial charge in [0.2, 0.25) is 0 Å². The molecule has 0 amide bonds. The van der Waals surface area contributed by atoms with Crippen molar-refractivity contribution in [1.82, 2.24) is 15.1 Å². The van der Waals surface area contributed by atoms with Gasteiger partial charge in [0.1, 0.15) is 5.75 Å². The summed E-state index contributed by atoms with van der Waals surface area (Å²) in [5.74, 6) is 0.889. The summed E-state index contributed by atoms with van der Waals surface area (Å²) in [6, 6.07) is 10.5. The largest absolute Gasteiger partial charge is 0.497 e. The number of benzene rings is 1. The first-order valence-electron chi connectivity index (χ1n) is 6.62. The number of nitrogens with zero attached hydrogens (tertiary/aromatic N) is 2. The summed E-state index contributed by atoms with van der Waals surface area (Å²) in [6.45, 7) is 5.99. The first-order valence-corrected chi connectivity index (χ1v) is 6.62. The zero-order valence-corrected chi connectivity index (χ0v) is 11.8. The molecule has 0 saturated heterocycles. The van der Waals surface area contributed by atoms with Crippen LogP contribution in [0, 0.1) is 0 Å². The van der Waals surface area contributed by atoms with Gasteiger partial charge in [-0.1, -0.05) is 12.1 Å². The van der Waals surface area contributed by atoms with Crippen LogP contribution in [0.3, 0.4) is 0 Å². The number of nitrogens with one attached hydrogen (secondary N) is 1. The van der Waals surface area contributed by atoms with Crippen molar-refractivity contribution in [2.75, 3.05) is 7.11 Å². The summed E-state index contributed by atoms with van der Waals surface area (Å²) < 4.78 is 7.17. The van der Waals surface area contributed by atoms with Crippen molar-refractivity contribution in [2.24, 2.45) is 0 Å². The molecule has 4 heteroatoms. The van der Waals surface area contributed by atoms with Crippen molar-refractivity contribution in [1.29, 1.82) is 0 Å². The van der Waals surface area contributed by atoms with Gasteiger partial charge >= 0.3 is 0 Å². The topological polar surface area (TPSA) is 39.1 Å². The lowest BCUT2D eigenvalue weighted by molar-refractivity contribution is 0.414. The Labute approximate surface area is 114 Å². The van der Waals surface area contributed by atoms with Crippen molar-refractivity contribution >= 4 is 0 Å². The highest BCUT2D eigenvalue weighted by Crippen LogP contribution is 2.17. The number of rotatable bonds is 6. The van der Waals surface area contributed by atoms with Crippen LogP contribution in [-0.4, -0.2) is 16.9 Å². The maximum Gasteiger partial charge on any atom is 0.118 e. The predicted octanol–water partition coefficient (Wildman–Crippen LogP) is 2.76. The fraction of sp³-hybridized carbons (Fsp3) is 0.400. The second-order valence-corrected chi connectivity index (χ2v) is 4.51. The van der Waals surface area contributed by atoms with Crippen LogP contribution in [0.15, 0.2) is 36.5 Å². The lowest BCUT2D eigenvalue weighted by Gasteiger charge is -2.15. The van der Waals surface area contributed by atoms with Crippen LogP contribution in [0.5, 0.6) is 5.75 Å². The zero-order valence-electron chi connectivity index (χ0n) is 11.8. The summed E-state index contributed by atoms with van der Waals surface area (Å²) in [7, 11) is 1.68. The first kappa shape index (κ1) is 13.6. The lowest BCUT2D eigenvalue weighted by atomic mass is 10.1. The van der Waals surface area contributed by atoms with Crippen molar-refractivity contribution in [2.45, 2.75) is 33.0 Å². The van der Waals surface area contributed by atoms with E-state index in [0.29, 0.717) is 6.04 Å². The third-order valence-corrected chi connectivity index (χ3v) is 3.31. The van der Waals surface area contributed by atoms with Crippen LogP contribution >= 0.6 is 0 Å². The number of methoxy groups -OCH3 is 1. The average molecular weight is 259 g/mol. The van der Waals surface area contributed by atoms with E-state index >= 15 is 0 Å². The quantitative estimate of drug-likeness (QED) is 0.867. The highest BCUT2D eigenvalue weighted by Gasteiger charge is 2.07. The SMILES string of the molecule is CCn1nccc1CN[C@H](C)c1ccc(OC)cc1. The Morgan fingerprint density at radius 1 is 1.26 bits per heavy atom. The molecule has 1 atom stereocenters. The highest BCUT2D eigenvalue weighted by atomic mass is 16.5. The van der Waals surface area contributed by atoms with Gasteiger partial charge in [0.05, 0.1) is 12.8 Å². The molecule has 2 aromatic rings. The Morgan fingerprint density at radius 2 is 2.00 bits per heavy atom. The van der Waals surface area contributed by atoms with Crippen molar-refractivity contribution in [3.05, 3.63) is 47.8 Å². The molecule has 1 N–H and O–H groups in total. The van der Waals surface area contributed by atoms with Gasteiger partial charge in [0, 0.05) is 25.3 Å². The molecular formula is C15H21N3O. The standard InChI is InChI=1S/C15H21N3O/c1-4-18-14(9-10-17-18)11-16-12(2)13-5-7-15(19-3)8-6-13/h5-10,12,16H,4,11H2,1-3H3/t12-/m1/s1. The van der Waals surface area contributed by atoms with Crippen LogP contribution in [-0.2, 0) is 13.1 Å². The number of aromatic nitrogens is 2. The van der Waals surface area contributed by atoms with Gasteiger partial charge in [-0.3, -0.25) is 4.68 Å². The zero-order chi connectivity index (χ0) is 13.7. The Bertz CT molecular complexity index is 504. The van der Waals surface area contributed by atoms with E-state index in [0.717, 1.165) is 18.8 Å². The molecule has 0 saturated carbocycles. The Hall–Kier alpha value is -1.81. The van der Waals surface area contributed by atoms with Gasteiger partial charge in [-0.2, -0.15) is 5.10 Å². The third kappa shape index (κ3) is 3.35. The van der Waals surface area contributed by atoms with E-state index in [1.54, 1.807) is 7.11 Å². The first-order chi connectivity index (χ1) is 9.24. The monoisotopic (exact) mass is 259 g/mol. The molecule has 0 aliphatic carbocycles. The molecule has 102 valence electrons. The number of hydrogen-bond acceptors (Lipinski definition) is 3. The van der Waals surface area contributed by atoms with Crippen LogP contribution in [0.25, 0.3) is 0 Å². The van der Waals surface area contributed by atoms with Gasteiger partial charge in [-0.25, -0.2) is 0 Å². The van der Waals surface area contributed by atoms with Gasteiger partial charge < -0.3 is 10.1 Å². The minimum Gasteiger partial charge on any atom is -0.497 e. The van der Waals surface area contributed by atoms with Crippen molar-refractivity contribution in [3.63, 3.8) is 0 Å². The summed E-state index contributed by atoms with van der Waals surface area (Å²) in [6.07, 6.45) is 1.85. The van der Waals surface area contributed by atoms with Crippen LogP contribution in [0.4, 0.5) is 0 Å². The van der Waals surface area contributed by atoms with E-state index in [4.69, 9.17) is 4.74 Å².